The second kappa shape index (κ2) is 9.80. The molecule has 0 amide bonds. The van der Waals surface area contributed by atoms with E-state index < -0.39 is 0 Å². The van der Waals surface area contributed by atoms with Crippen LogP contribution in [0.25, 0.3) is 0 Å². The van der Waals surface area contributed by atoms with E-state index in [1.54, 1.807) is 7.11 Å². The summed E-state index contributed by atoms with van der Waals surface area (Å²) in [6.45, 7) is 8.84. The van der Waals surface area contributed by atoms with Gasteiger partial charge in [0.1, 0.15) is 18.1 Å². The zero-order chi connectivity index (χ0) is 19.1. The molecule has 1 saturated heterocycles. The lowest BCUT2D eigenvalue weighted by Gasteiger charge is -2.26. The van der Waals surface area contributed by atoms with Gasteiger partial charge in [-0.3, -0.25) is 4.90 Å². The fraction of sp³-hybridized carbons (Fsp3) is 0.500. The number of piperidine rings is 1. The summed E-state index contributed by atoms with van der Waals surface area (Å²) in [7, 11) is 1.71. The van der Waals surface area contributed by atoms with E-state index in [1.165, 1.54) is 43.5 Å². The van der Waals surface area contributed by atoms with Crippen molar-refractivity contribution in [1.29, 1.82) is 0 Å². The molecule has 1 aliphatic rings. The number of hydrogen-bond acceptors (Lipinski definition) is 3. The summed E-state index contributed by atoms with van der Waals surface area (Å²) >= 11 is 0. The number of nitrogens with zero attached hydrogens (tertiary/aromatic N) is 1. The molecule has 3 rings (SSSR count). The van der Waals surface area contributed by atoms with Gasteiger partial charge in [0.25, 0.3) is 0 Å². The van der Waals surface area contributed by atoms with Crippen molar-refractivity contribution in [3.8, 4) is 11.5 Å². The first-order chi connectivity index (χ1) is 13.2. The molecule has 0 radical (unpaired) electrons. The molecule has 0 spiro atoms. The lowest BCUT2D eigenvalue weighted by Crippen LogP contribution is -2.33. The average Bonchev–Trinajstić information content (AvgIpc) is 2.74. The highest BCUT2D eigenvalue weighted by atomic mass is 16.5. The van der Waals surface area contributed by atoms with Gasteiger partial charge in [0.15, 0.2) is 0 Å². The van der Waals surface area contributed by atoms with Gasteiger partial charge in [-0.25, -0.2) is 0 Å². The molecule has 0 aromatic heterocycles. The van der Waals surface area contributed by atoms with Crippen molar-refractivity contribution in [2.45, 2.75) is 44.9 Å². The van der Waals surface area contributed by atoms with Crippen LogP contribution in [-0.2, 0) is 0 Å². The summed E-state index contributed by atoms with van der Waals surface area (Å²) in [6.07, 6.45) is 4.05. The fourth-order valence-electron chi connectivity index (χ4n) is 3.83. The van der Waals surface area contributed by atoms with E-state index in [-0.39, 0.29) is 0 Å². The summed E-state index contributed by atoms with van der Waals surface area (Å²) in [5, 5.41) is 0. The Labute approximate surface area is 164 Å². The molecule has 0 unspecified atom stereocenters. The van der Waals surface area contributed by atoms with E-state index in [2.05, 4.69) is 55.1 Å². The van der Waals surface area contributed by atoms with E-state index in [0.29, 0.717) is 11.8 Å². The number of benzene rings is 2. The van der Waals surface area contributed by atoms with Crippen LogP contribution >= 0.6 is 0 Å². The van der Waals surface area contributed by atoms with E-state index in [4.69, 9.17) is 9.47 Å². The summed E-state index contributed by atoms with van der Waals surface area (Å²) in [4.78, 5) is 2.51. The van der Waals surface area contributed by atoms with E-state index >= 15 is 0 Å². The predicted molar refractivity (Wildman–Crippen MR) is 112 cm³/mol. The Morgan fingerprint density at radius 2 is 1.30 bits per heavy atom. The molecule has 1 heterocycles. The molecule has 0 aliphatic carbocycles. The third-order valence-electron chi connectivity index (χ3n) is 5.92. The van der Waals surface area contributed by atoms with Crippen LogP contribution in [0.5, 0.6) is 11.5 Å². The summed E-state index contributed by atoms with van der Waals surface area (Å²) < 4.78 is 11.2. The first-order valence-electron chi connectivity index (χ1n) is 10.3. The molecule has 1 fully saturated rings. The van der Waals surface area contributed by atoms with Crippen molar-refractivity contribution in [2.24, 2.45) is 0 Å². The molecule has 0 N–H and O–H groups in total. The van der Waals surface area contributed by atoms with Gasteiger partial charge in [0, 0.05) is 6.54 Å². The first kappa shape index (κ1) is 19.8. The Kier molecular flexibility index (Phi) is 7.17. The van der Waals surface area contributed by atoms with Crippen LogP contribution in [0.2, 0.25) is 0 Å². The van der Waals surface area contributed by atoms with Gasteiger partial charge in [-0.05, 0) is 73.2 Å². The monoisotopic (exact) mass is 367 g/mol. The minimum absolute atomic E-state index is 0.445. The number of ether oxygens (including phenoxy) is 2. The quantitative estimate of drug-likeness (QED) is 0.618. The third kappa shape index (κ3) is 5.49. The average molecular weight is 368 g/mol. The highest BCUT2D eigenvalue weighted by Gasteiger charge is 2.16. The topological polar surface area (TPSA) is 21.7 Å². The third-order valence-corrected chi connectivity index (χ3v) is 5.92. The van der Waals surface area contributed by atoms with Crippen molar-refractivity contribution in [1.82, 2.24) is 4.90 Å². The molecule has 3 heteroatoms. The minimum atomic E-state index is 0.445. The SMILES string of the molecule is COc1ccc([C@@H](C)[C@@H](C)c2ccc(OCCN3CCCCC3)cc2)cc1. The van der Waals surface area contributed by atoms with Gasteiger partial charge in [0.2, 0.25) is 0 Å². The summed E-state index contributed by atoms with van der Waals surface area (Å²) in [5.41, 5.74) is 2.69. The van der Waals surface area contributed by atoms with Gasteiger partial charge in [-0.15, -0.1) is 0 Å². The van der Waals surface area contributed by atoms with Crippen LogP contribution in [0.4, 0.5) is 0 Å². The van der Waals surface area contributed by atoms with Gasteiger partial charge >= 0.3 is 0 Å². The molecule has 0 bridgehead atoms. The van der Waals surface area contributed by atoms with Gasteiger partial charge in [-0.1, -0.05) is 44.5 Å². The largest absolute Gasteiger partial charge is 0.497 e. The van der Waals surface area contributed by atoms with Crippen molar-refractivity contribution < 1.29 is 9.47 Å². The lowest BCUT2D eigenvalue weighted by atomic mass is 9.84. The van der Waals surface area contributed by atoms with Crippen molar-refractivity contribution in [3.05, 3.63) is 59.7 Å². The molecule has 2 aromatic rings. The van der Waals surface area contributed by atoms with Crippen LogP contribution in [0.3, 0.4) is 0 Å². The van der Waals surface area contributed by atoms with E-state index in [1.807, 2.05) is 12.1 Å². The molecule has 27 heavy (non-hydrogen) atoms. The van der Waals surface area contributed by atoms with Crippen LogP contribution in [0.15, 0.2) is 48.5 Å². The Bertz CT molecular complexity index is 675. The Morgan fingerprint density at radius 1 is 0.778 bits per heavy atom. The Hall–Kier alpha value is -2.00. The summed E-state index contributed by atoms with van der Waals surface area (Å²) in [6, 6.07) is 17.1. The minimum Gasteiger partial charge on any atom is -0.497 e. The molecule has 2 atom stereocenters. The molecule has 146 valence electrons. The van der Waals surface area contributed by atoms with Crippen LogP contribution in [0.1, 0.15) is 56.1 Å². The Balaban J connectivity index is 1.52. The molecule has 3 nitrogen and oxygen atoms in total. The van der Waals surface area contributed by atoms with Crippen molar-refractivity contribution in [2.75, 3.05) is 33.4 Å². The number of likely N-dealkylation sites (tertiary alicyclic amines) is 1. The highest BCUT2D eigenvalue weighted by molar-refractivity contribution is 5.34. The number of hydrogen-bond donors (Lipinski definition) is 0. The zero-order valence-corrected chi connectivity index (χ0v) is 17.0. The Morgan fingerprint density at radius 3 is 1.81 bits per heavy atom. The maximum absolute atomic E-state index is 5.96. The first-order valence-corrected chi connectivity index (χ1v) is 10.3. The van der Waals surface area contributed by atoms with Crippen LogP contribution in [0, 0.1) is 0 Å². The number of rotatable bonds is 8. The standard InChI is InChI=1S/C24H33NO2/c1-19(21-7-11-23(26-3)12-8-21)20(2)22-9-13-24(14-10-22)27-18-17-25-15-5-4-6-16-25/h7-14,19-20H,4-6,15-18H2,1-3H3/t19-,20+/m0/s1. The van der Waals surface area contributed by atoms with Crippen LogP contribution < -0.4 is 9.47 Å². The van der Waals surface area contributed by atoms with Gasteiger partial charge in [0.05, 0.1) is 7.11 Å². The molecular weight excluding hydrogens is 334 g/mol. The molecule has 1 aliphatic heterocycles. The second-order valence-electron chi connectivity index (χ2n) is 7.67. The second-order valence-corrected chi connectivity index (χ2v) is 7.67. The summed E-state index contributed by atoms with van der Waals surface area (Å²) in [5.74, 6) is 2.77. The van der Waals surface area contributed by atoms with Crippen molar-refractivity contribution in [3.63, 3.8) is 0 Å². The smallest absolute Gasteiger partial charge is 0.119 e. The molecule has 0 saturated carbocycles. The van der Waals surface area contributed by atoms with Gasteiger partial charge < -0.3 is 9.47 Å². The zero-order valence-electron chi connectivity index (χ0n) is 17.0. The number of methoxy groups -OCH3 is 1. The van der Waals surface area contributed by atoms with Gasteiger partial charge in [-0.2, -0.15) is 0 Å². The highest BCUT2D eigenvalue weighted by Crippen LogP contribution is 2.33. The lowest BCUT2D eigenvalue weighted by molar-refractivity contribution is 0.183. The maximum Gasteiger partial charge on any atom is 0.119 e. The van der Waals surface area contributed by atoms with Crippen LogP contribution in [-0.4, -0.2) is 38.3 Å². The predicted octanol–water partition coefficient (Wildman–Crippen LogP) is 5.47. The molecular formula is C24H33NO2. The fourth-order valence-corrected chi connectivity index (χ4v) is 3.83. The van der Waals surface area contributed by atoms with E-state index in [0.717, 1.165) is 24.7 Å². The maximum atomic E-state index is 5.96. The normalized spacial score (nSPS) is 17.3. The van der Waals surface area contributed by atoms with E-state index in [9.17, 15) is 0 Å². The molecule has 2 aromatic carbocycles. The van der Waals surface area contributed by atoms with Crippen molar-refractivity contribution >= 4 is 0 Å².